The van der Waals surface area contributed by atoms with Gasteiger partial charge in [0.25, 0.3) is 0 Å². The molecule has 1 aromatic carbocycles. The lowest BCUT2D eigenvalue weighted by molar-refractivity contribution is -0.0195. The van der Waals surface area contributed by atoms with Crippen LogP contribution in [0.5, 0.6) is 0 Å². The smallest absolute Gasteiger partial charge is 0.0691 e. The third kappa shape index (κ3) is 2.73. The number of benzene rings is 1. The lowest BCUT2D eigenvalue weighted by Gasteiger charge is -2.37. The van der Waals surface area contributed by atoms with Crippen molar-refractivity contribution < 1.29 is 5.11 Å². The Balaban J connectivity index is 1.72. The van der Waals surface area contributed by atoms with Gasteiger partial charge in [-0.05, 0) is 55.6 Å². The van der Waals surface area contributed by atoms with Crippen molar-refractivity contribution in [3.05, 3.63) is 34.9 Å². The normalized spacial score (nSPS) is 32.4. The summed E-state index contributed by atoms with van der Waals surface area (Å²) < 4.78 is 0. The molecular weight excluding hydrogens is 244 g/mol. The molecule has 2 saturated carbocycles. The second kappa shape index (κ2) is 4.86. The fourth-order valence-electron chi connectivity index (χ4n) is 3.51. The highest BCUT2D eigenvalue weighted by atomic mass is 35.5. The molecule has 0 bridgehead atoms. The Hall–Kier alpha value is -0.530. The molecule has 1 aromatic rings. The molecule has 0 aromatic heterocycles. The zero-order valence-corrected chi connectivity index (χ0v) is 11.5. The summed E-state index contributed by atoms with van der Waals surface area (Å²) >= 11 is 6.21. The molecule has 0 aliphatic heterocycles. The minimum Gasteiger partial charge on any atom is -0.390 e. The largest absolute Gasteiger partial charge is 0.390 e. The second-order valence-corrected chi connectivity index (χ2v) is 6.59. The van der Waals surface area contributed by atoms with Crippen LogP contribution in [0.3, 0.4) is 0 Å². The minimum absolute atomic E-state index is 0.517. The van der Waals surface area contributed by atoms with Gasteiger partial charge < -0.3 is 5.11 Å². The Morgan fingerprint density at radius 2 is 1.94 bits per heavy atom. The zero-order chi connectivity index (χ0) is 12.6. The first kappa shape index (κ1) is 12.5. The predicted molar refractivity (Wildman–Crippen MR) is 74.8 cm³/mol. The molecule has 2 unspecified atom stereocenters. The van der Waals surface area contributed by atoms with Crippen molar-refractivity contribution in [3.63, 3.8) is 0 Å². The quantitative estimate of drug-likeness (QED) is 0.867. The Kier molecular flexibility index (Phi) is 3.38. The van der Waals surface area contributed by atoms with Crippen LogP contribution in [0.2, 0.25) is 5.02 Å². The van der Waals surface area contributed by atoms with E-state index in [0.717, 1.165) is 41.7 Å². The van der Waals surface area contributed by atoms with Crippen LogP contribution < -0.4 is 0 Å². The number of hydrogen-bond acceptors (Lipinski definition) is 1. The average molecular weight is 265 g/mol. The Morgan fingerprint density at radius 1 is 1.17 bits per heavy atom. The zero-order valence-electron chi connectivity index (χ0n) is 10.7. The van der Waals surface area contributed by atoms with E-state index in [1.165, 1.54) is 25.7 Å². The van der Waals surface area contributed by atoms with Gasteiger partial charge in [-0.3, -0.25) is 0 Å². The van der Waals surface area contributed by atoms with E-state index in [1.807, 2.05) is 24.3 Å². The first-order valence-electron chi connectivity index (χ1n) is 7.12. The van der Waals surface area contributed by atoms with Gasteiger partial charge in [-0.2, -0.15) is 0 Å². The van der Waals surface area contributed by atoms with Gasteiger partial charge in [0.05, 0.1) is 5.60 Å². The fourth-order valence-corrected chi connectivity index (χ4v) is 3.71. The van der Waals surface area contributed by atoms with Crippen molar-refractivity contribution in [3.8, 4) is 0 Å². The van der Waals surface area contributed by atoms with Gasteiger partial charge in [-0.1, -0.05) is 36.2 Å². The first-order chi connectivity index (χ1) is 8.66. The molecule has 2 atom stereocenters. The van der Waals surface area contributed by atoms with E-state index in [4.69, 9.17) is 11.6 Å². The molecule has 1 nitrogen and oxygen atoms in total. The number of aliphatic hydroxyl groups is 1. The fraction of sp³-hybridized carbons (Fsp3) is 0.625. The summed E-state index contributed by atoms with van der Waals surface area (Å²) in [4.78, 5) is 0. The number of rotatable bonds is 3. The SMILES string of the molecule is OC1(Cc2ccccc2Cl)CCCC(C2CC2)C1. The number of halogens is 1. The molecule has 18 heavy (non-hydrogen) atoms. The van der Waals surface area contributed by atoms with Crippen LogP contribution in [0, 0.1) is 11.8 Å². The van der Waals surface area contributed by atoms with Gasteiger partial charge in [0.15, 0.2) is 0 Å². The molecule has 1 N–H and O–H groups in total. The third-order valence-electron chi connectivity index (χ3n) is 4.63. The third-order valence-corrected chi connectivity index (χ3v) is 4.99. The maximum atomic E-state index is 10.8. The monoisotopic (exact) mass is 264 g/mol. The van der Waals surface area contributed by atoms with Crippen LogP contribution in [0.25, 0.3) is 0 Å². The van der Waals surface area contributed by atoms with Gasteiger partial charge in [-0.25, -0.2) is 0 Å². The van der Waals surface area contributed by atoms with Crippen molar-refractivity contribution in [2.45, 2.75) is 50.5 Å². The molecule has 98 valence electrons. The topological polar surface area (TPSA) is 20.2 Å². The molecule has 2 heteroatoms. The van der Waals surface area contributed by atoms with Gasteiger partial charge in [0.1, 0.15) is 0 Å². The highest BCUT2D eigenvalue weighted by Gasteiger charge is 2.41. The predicted octanol–water partition coefficient (Wildman–Crippen LogP) is 4.21. The molecule has 0 spiro atoms. The standard InChI is InChI=1S/C16H21ClO/c17-15-6-2-1-4-14(15)11-16(18)9-3-5-13(10-16)12-7-8-12/h1-2,4,6,12-13,18H,3,5,7-11H2. The van der Waals surface area contributed by atoms with Crippen molar-refractivity contribution >= 4 is 11.6 Å². The molecule has 2 aliphatic rings. The van der Waals surface area contributed by atoms with Gasteiger partial charge in [0.2, 0.25) is 0 Å². The lowest BCUT2D eigenvalue weighted by atomic mass is 9.73. The summed E-state index contributed by atoms with van der Waals surface area (Å²) in [5, 5.41) is 11.6. The van der Waals surface area contributed by atoms with Crippen LogP contribution in [0.1, 0.15) is 44.1 Å². The molecule has 0 radical (unpaired) electrons. The summed E-state index contributed by atoms with van der Waals surface area (Å²) in [6.07, 6.45) is 7.87. The minimum atomic E-state index is -0.517. The van der Waals surface area contributed by atoms with E-state index in [-0.39, 0.29) is 0 Å². The Morgan fingerprint density at radius 3 is 2.67 bits per heavy atom. The maximum absolute atomic E-state index is 10.8. The molecule has 0 saturated heterocycles. The van der Waals surface area contributed by atoms with E-state index < -0.39 is 5.60 Å². The number of hydrogen-bond donors (Lipinski definition) is 1. The second-order valence-electron chi connectivity index (χ2n) is 6.19. The summed E-state index contributed by atoms with van der Waals surface area (Å²) in [5.41, 5.74) is 0.578. The summed E-state index contributed by atoms with van der Waals surface area (Å²) in [6, 6.07) is 7.91. The molecule has 3 rings (SSSR count). The lowest BCUT2D eigenvalue weighted by Crippen LogP contribution is -2.38. The van der Waals surface area contributed by atoms with E-state index in [2.05, 4.69) is 0 Å². The highest BCUT2D eigenvalue weighted by Crippen LogP contribution is 2.47. The molecule has 2 aliphatic carbocycles. The van der Waals surface area contributed by atoms with Crippen molar-refractivity contribution in [2.75, 3.05) is 0 Å². The van der Waals surface area contributed by atoms with E-state index in [0.29, 0.717) is 0 Å². The summed E-state index contributed by atoms with van der Waals surface area (Å²) in [5.74, 6) is 1.66. The van der Waals surface area contributed by atoms with Crippen LogP contribution in [0.15, 0.2) is 24.3 Å². The first-order valence-corrected chi connectivity index (χ1v) is 7.50. The Labute approximate surface area is 114 Å². The average Bonchev–Trinajstić information content (AvgIpc) is 3.16. The van der Waals surface area contributed by atoms with Gasteiger partial charge in [0, 0.05) is 11.4 Å². The van der Waals surface area contributed by atoms with E-state index in [9.17, 15) is 5.11 Å². The van der Waals surface area contributed by atoms with Gasteiger partial charge >= 0.3 is 0 Å². The van der Waals surface area contributed by atoms with Crippen LogP contribution in [0.4, 0.5) is 0 Å². The van der Waals surface area contributed by atoms with Crippen molar-refractivity contribution in [1.82, 2.24) is 0 Å². The Bertz CT molecular complexity index is 427. The van der Waals surface area contributed by atoms with Crippen LogP contribution >= 0.6 is 11.6 Å². The van der Waals surface area contributed by atoms with Crippen molar-refractivity contribution in [2.24, 2.45) is 11.8 Å². The summed E-state index contributed by atoms with van der Waals surface area (Å²) in [7, 11) is 0. The molecule has 0 heterocycles. The highest BCUT2D eigenvalue weighted by molar-refractivity contribution is 6.31. The van der Waals surface area contributed by atoms with Gasteiger partial charge in [-0.15, -0.1) is 0 Å². The van der Waals surface area contributed by atoms with Crippen LogP contribution in [-0.4, -0.2) is 10.7 Å². The summed E-state index contributed by atoms with van der Waals surface area (Å²) in [6.45, 7) is 0. The van der Waals surface area contributed by atoms with Crippen LogP contribution in [-0.2, 0) is 6.42 Å². The van der Waals surface area contributed by atoms with Crippen molar-refractivity contribution in [1.29, 1.82) is 0 Å². The maximum Gasteiger partial charge on any atom is 0.0691 e. The molecule has 0 amide bonds. The van der Waals surface area contributed by atoms with E-state index in [1.54, 1.807) is 0 Å². The molecule has 2 fully saturated rings. The molecular formula is C16H21ClO. The van der Waals surface area contributed by atoms with E-state index >= 15 is 0 Å².